The summed E-state index contributed by atoms with van der Waals surface area (Å²) in [5.41, 5.74) is 0.351. The van der Waals surface area contributed by atoms with Crippen LogP contribution in [-0.4, -0.2) is 44.8 Å². The van der Waals surface area contributed by atoms with Gasteiger partial charge in [0.2, 0.25) is 5.82 Å². The van der Waals surface area contributed by atoms with Gasteiger partial charge in [-0.25, -0.2) is 4.79 Å². The summed E-state index contributed by atoms with van der Waals surface area (Å²) in [5, 5.41) is 20.8. The second-order valence-electron chi connectivity index (χ2n) is 5.56. The SMILES string of the molecule is COc1ccc(Cn2nnc(-c3ccc(C(=O)O)c(OC(F)(F)F)c3)n2)cc1. The minimum Gasteiger partial charge on any atom is -0.497 e. The molecule has 11 heteroatoms. The molecule has 28 heavy (non-hydrogen) atoms. The van der Waals surface area contributed by atoms with E-state index in [9.17, 15) is 18.0 Å². The van der Waals surface area contributed by atoms with E-state index in [0.717, 1.165) is 17.7 Å². The van der Waals surface area contributed by atoms with E-state index in [1.165, 1.54) is 10.9 Å². The largest absolute Gasteiger partial charge is 0.573 e. The van der Waals surface area contributed by atoms with Gasteiger partial charge in [0.25, 0.3) is 0 Å². The molecule has 0 saturated heterocycles. The molecule has 0 saturated carbocycles. The average Bonchev–Trinajstić information content (AvgIpc) is 3.09. The third-order valence-corrected chi connectivity index (χ3v) is 3.63. The van der Waals surface area contributed by atoms with Gasteiger partial charge in [-0.2, -0.15) is 4.80 Å². The molecule has 1 heterocycles. The molecular formula is C17H13F3N4O4. The van der Waals surface area contributed by atoms with Gasteiger partial charge in [-0.05, 0) is 41.1 Å². The Morgan fingerprint density at radius 3 is 2.50 bits per heavy atom. The molecule has 0 bridgehead atoms. The summed E-state index contributed by atoms with van der Waals surface area (Å²) >= 11 is 0. The number of hydrogen-bond donors (Lipinski definition) is 1. The molecule has 3 aromatic rings. The molecule has 146 valence electrons. The van der Waals surface area contributed by atoms with Crippen molar-refractivity contribution in [2.75, 3.05) is 7.11 Å². The summed E-state index contributed by atoms with van der Waals surface area (Å²) in [4.78, 5) is 12.4. The van der Waals surface area contributed by atoms with Gasteiger partial charge in [0.15, 0.2) is 0 Å². The van der Waals surface area contributed by atoms with Crippen molar-refractivity contribution in [1.29, 1.82) is 0 Å². The summed E-state index contributed by atoms with van der Waals surface area (Å²) in [6.07, 6.45) is -5.04. The van der Waals surface area contributed by atoms with Crippen LogP contribution in [0.3, 0.4) is 0 Å². The lowest BCUT2D eigenvalue weighted by atomic mass is 10.1. The number of carbonyl (C=O) groups is 1. The minimum atomic E-state index is -5.04. The first-order chi connectivity index (χ1) is 13.2. The fourth-order valence-corrected chi connectivity index (χ4v) is 2.37. The first kappa shape index (κ1) is 19.1. The van der Waals surface area contributed by atoms with Crippen molar-refractivity contribution in [2.45, 2.75) is 12.9 Å². The highest BCUT2D eigenvalue weighted by molar-refractivity contribution is 5.91. The van der Waals surface area contributed by atoms with Gasteiger partial charge in [0.05, 0.1) is 13.7 Å². The Labute approximate surface area is 156 Å². The predicted molar refractivity (Wildman–Crippen MR) is 89.0 cm³/mol. The molecule has 0 atom stereocenters. The number of ether oxygens (including phenoxy) is 2. The number of aromatic nitrogens is 4. The molecule has 2 aromatic carbocycles. The van der Waals surface area contributed by atoms with Crippen LogP contribution in [-0.2, 0) is 6.54 Å². The van der Waals surface area contributed by atoms with Crippen LogP contribution in [0.4, 0.5) is 13.2 Å². The minimum absolute atomic E-state index is 0.0254. The average molecular weight is 394 g/mol. The van der Waals surface area contributed by atoms with E-state index < -0.39 is 23.6 Å². The van der Waals surface area contributed by atoms with Crippen molar-refractivity contribution < 1.29 is 32.5 Å². The first-order valence-electron chi connectivity index (χ1n) is 7.79. The van der Waals surface area contributed by atoms with Gasteiger partial charge in [0, 0.05) is 5.56 Å². The van der Waals surface area contributed by atoms with Crippen LogP contribution < -0.4 is 9.47 Å². The third-order valence-electron chi connectivity index (χ3n) is 3.63. The number of halogens is 3. The van der Waals surface area contributed by atoms with Gasteiger partial charge >= 0.3 is 12.3 Å². The second kappa shape index (κ2) is 7.55. The number of methoxy groups -OCH3 is 1. The highest BCUT2D eigenvalue weighted by Crippen LogP contribution is 2.30. The van der Waals surface area contributed by atoms with Crippen LogP contribution in [0, 0.1) is 0 Å². The van der Waals surface area contributed by atoms with E-state index in [4.69, 9.17) is 9.84 Å². The molecular weight excluding hydrogens is 381 g/mol. The zero-order valence-corrected chi connectivity index (χ0v) is 14.3. The van der Waals surface area contributed by atoms with Crippen molar-refractivity contribution in [2.24, 2.45) is 0 Å². The number of tetrazole rings is 1. The number of aromatic carboxylic acids is 1. The molecule has 0 amide bonds. The number of carboxylic acid groups (broad SMARTS) is 1. The summed E-state index contributed by atoms with van der Waals surface area (Å²) in [5.74, 6) is -1.70. The van der Waals surface area contributed by atoms with Gasteiger partial charge in [-0.1, -0.05) is 12.1 Å². The van der Waals surface area contributed by atoms with Crippen molar-refractivity contribution in [3.05, 3.63) is 53.6 Å². The third kappa shape index (κ3) is 4.55. The molecule has 0 aliphatic rings. The van der Waals surface area contributed by atoms with E-state index in [1.807, 2.05) is 0 Å². The maximum Gasteiger partial charge on any atom is 0.573 e. The molecule has 1 aromatic heterocycles. The Balaban J connectivity index is 1.85. The van der Waals surface area contributed by atoms with Crippen LogP contribution in [0.15, 0.2) is 42.5 Å². The lowest BCUT2D eigenvalue weighted by Crippen LogP contribution is -2.19. The number of carboxylic acids is 1. The van der Waals surface area contributed by atoms with Gasteiger partial charge in [-0.15, -0.1) is 23.4 Å². The number of benzene rings is 2. The van der Waals surface area contributed by atoms with E-state index in [0.29, 0.717) is 5.75 Å². The van der Waals surface area contributed by atoms with E-state index in [2.05, 4.69) is 20.1 Å². The maximum atomic E-state index is 12.5. The van der Waals surface area contributed by atoms with Crippen molar-refractivity contribution >= 4 is 5.97 Å². The molecule has 0 spiro atoms. The fraction of sp³-hybridized carbons (Fsp3) is 0.176. The van der Waals surface area contributed by atoms with Crippen molar-refractivity contribution in [1.82, 2.24) is 20.2 Å². The van der Waals surface area contributed by atoms with Gasteiger partial charge in [0.1, 0.15) is 17.1 Å². The number of hydrogen-bond acceptors (Lipinski definition) is 6. The smallest absolute Gasteiger partial charge is 0.497 e. The highest BCUT2D eigenvalue weighted by Gasteiger charge is 2.33. The van der Waals surface area contributed by atoms with Crippen LogP contribution in [0.1, 0.15) is 15.9 Å². The summed E-state index contributed by atoms with van der Waals surface area (Å²) in [7, 11) is 1.55. The molecule has 0 radical (unpaired) electrons. The zero-order chi connectivity index (χ0) is 20.3. The molecule has 0 aliphatic carbocycles. The van der Waals surface area contributed by atoms with Gasteiger partial charge in [-0.3, -0.25) is 0 Å². The summed E-state index contributed by atoms with van der Waals surface area (Å²) < 4.78 is 46.5. The number of nitrogens with zero attached hydrogens (tertiary/aromatic N) is 4. The Hall–Kier alpha value is -3.63. The first-order valence-corrected chi connectivity index (χ1v) is 7.79. The Bertz CT molecular complexity index is 987. The van der Waals surface area contributed by atoms with E-state index in [1.54, 1.807) is 31.4 Å². The summed E-state index contributed by atoms with van der Waals surface area (Å²) in [6.45, 7) is 0.274. The van der Waals surface area contributed by atoms with Crippen LogP contribution in [0.25, 0.3) is 11.4 Å². The normalized spacial score (nSPS) is 11.3. The van der Waals surface area contributed by atoms with Crippen LogP contribution in [0.5, 0.6) is 11.5 Å². The number of alkyl halides is 3. The molecule has 1 N–H and O–H groups in total. The predicted octanol–water partition coefficient (Wildman–Crippen LogP) is 2.99. The molecule has 0 unspecified atom stereocenters. The monoisotopic (exact) mass is 394 g/mol. The maximum absolute atomic E-state index is 12.5. The van der Waals surface area contributed by atoms with E-state index in [-0.39, 0.29) is 17.9 Å². The molecule has 0 aliphatic heterocycles. The molecule has 3 rings (SSSR count). The lowest BCUT2D eigenvalue weighted by molar-refractivity contribution is -0.274. The standard InChI is InChI=1S/C17H13F3N4O4/c1-27-12-5-2-10(3-6-12)9-24-22-15(21-23-24)11-4-7-13(16(25)26)14(8-11)28-17(18,19)20/h2-8H,9H2,1H3,(H,25,26). The van der Waals surface area contributed by atoms with Crippen LogP contribution in [0.2, 0.25) is 0 Å². The van der Waals surface area contributed by atoms with E-state index >= 15 is 0 Å². The fourth-order valence-electron chi connectivity index (χ4n) is 2.37. The van der Waals surface area contributed by atoms with Crippen molar-refractivity contribution in [3.63, 3.8) is 0 Å². The Morgan fingerprint density at radius 1 is 1.18 bits per heavy atom. The number of rotatable bonds is 6. The molecule has 8 nitrogen and oxygen atoms in total. The van der Waals surface area contributed by atoms with Crippen molar-refractivity contribution in [3.8, 4) is 22.9 Å². The van der Waals surface area contributed by atoms with Gasteiger partial charge < -0.3 is 14.6 Å². The van der Waals surface area contributed by atoms with Crippen LogP contribution >= 0.6 is 0 Å². The second-order valence-corrected chi connectivity index (χ2v) is 5.56. The lowest BCUT2D eigenvalue weighted by Gasteiger charge is -2.11. The Kier molecular flexibility index (Phi) is 5.16. The quantitative estimate of drug-likeness (QED) is 0.686. The highest BCUT2D eigenvalue weighted by atomic mass is 19.4. The molecule has 0 fully saturated rings. The zero-order valence-electron chi connectivity index (χ0n) is 14.3. The summed E-state index contributed by atoms with van der Waals surface area (Å²) in [6, 6.07) is 10.3. The Morgan fingerprint density at radius 2 is 1.89 bits per heavy atom. The topological polar surface area (TPSA) is 99.4 Å².